The number of benzene rings is 2. The molecule has 4 nitrogen and oxygen atoms in total. The Kier molecular flexibility index (Phi) is 4.41. The summed E-state index contributed by atoms with van der Waals surface area (Å²) in [5.74, 6) is -0.0544. The van der Waals surface area contributed by atoms with Gasteiger partial charge < -0.3 is 10.4 Å². The molecule has 2 aromatic rings. The number of amidine groups is 1. The van der Waals surface area contributed by atoms with E-state index in [-0.39, 0.29) is 11.7 Å². The molecule has 116 valence electrons. The molecule has 1 saturated heterocycles. The normalized spacial score (nSPS) is 17.7. The Bertz CT molecular complexity index is 846. The summed E-state index contributed by atoms with van der Waals surface area (Å²) in [5, 5.41) is 13.3. The van der Waals surface area contributed by atoms with Crippen molar-refractivity contribution in [3.63, 3.8) is 0 Å². The molecule has 1 amide bonds. The van der Waals surface area contributed by atoms with Crippen molar-refractivity contribution >= 4 is 46.2 Å². The number of hydrogen-bond donors (Lipinski definition) is 2. The quantitative estimate of drug-likeness (QED) is 0.801. The van der Waals surface area contributed by atoms with Crippen molar-refractivity contribution in [1.29, 1.82) is 0 Å². The van der Waals surface area contributed by atoms with E-state index in [1.54, 1.807) is 30.3 Å². The second kappa shape index (κ2) is 6.48. The van der Waals surface area contributed by atoms with E-state index in [9.17, 15) is 9.90 Å². The number of nitrogens with one attached hydrogen (secondary N) is 1. The summed E-state index contributed by atoms with van der Waals surface area (Å²) < 4.78 is 0. The second-order valence-corrected chi connectivity index (χ2v) is 6.45. The molecule has 1 fully saturated rings. The summed E-state index contributed by atoms with van der Waals surface area (Å²) in [6.45, 7) is 1.92. The maximum absolute atomic E-state index is 12.0. The number of phenols is 1. The first-order chi connectivity index (χ1) is 11.0. The van der Waals surface area contributed by atoms with E-state index in [1.807, 2.05) is 25.1 Å². The molecule has 0 aromatic heterocycles. The fraction of sp³-hybridized carbons (Fsp3) is 0.0588. The van der Waals surface area contributed by atoms with Crippen molar-refractivity contribution in [2.24, 2.45) is 4.99 Å². The number of thioether (sulfide) groups is 1. The Balaban J connectivity index is 1.84. The molecule has 1 aliphatic rings. The maximum Gasteiger partial charge on any atom is 0.264 e. The van der Waals surface area contributed by atoms with E-state index in [4.69, 9.17) is 11.6 Å². The zero-order valence-electron chi connectivity index (χ0n) is 12.2. The van der Waals surface area contributed by atoms with Gasteiger partial charge in [0.15, 0.2) is 5.17 Å². The molecule has 1 aliphatic heterocycles. The number of carbonyl (C=O) groups is 1. The van der Waals surface area contributed by atoms with Crippen LogP contribution in [0.3, 0.4) is 0 Å². The van der Waals surface area contributed by atoms with Crippen LogP contribution in [0.2, 0.25) is 5.02 Å². The number of amides is 1. The molecule has 0 saturated carbocycles. The van der Waals surface area contributed by atoms with E-state index >= 15 is 0 Å². The topological polar surface area (TPSA) is 61.7 Å². The number of aryl methyl sites for hydroxylation is 1. The van der Waals surface area contributed by atoms with Crippen molar-refractivity contribution in [2.45, 2.75) is 6.92 Å². The molecule has 0 aliphatic carbocycles. The van der Waals surface area contributed by atoms with E-state index in [1.165, 1.54) is 11.8 Å². The van der Waals surface area contributed by atoms with Crippen molar-refractivity contribution in [3.05, 3.63) is 63.5 Å². The first kappa shape index (κ1) is 15.6. The van der Waals surface area contributed by atoms with Gasteiger partial charge in [0, 0.05) is 5.02 Å². The highest BCUT2D eigenvalue weighted by Gasteiger charge is 2.23. The number of rotatable bonds is 2. The summed E-state index contributed by atoms with van der Waals surface area (Å²) in [4.78, 5) is 16.9. The van der Waals surface area contributed by atoms with Gasteiger partial charge in [-0.2, -0.15) is 0 Å². The molecule has 1 heterocycles. The lowest BCUT2D eigenvalue weighted by molar-refractivity contribution is -0.115. The predicted octanol–water partition coefficient (Wildman–Crippen LogP) is 4.25. The van der Waals surface area contributed by atoms with Crippen molar-refractivity contribution < 1.29 is 9.90 Å². The number of nitrogens with zero attached hydrogens (tertiary/aromatic N) is 1. The first-order valence-corrected chi connectivity index (χ1v) is 8.05. The molecule has 6 heteroatoms. The highest BCUT2D eigenvalue weighted by atomic mass is 35.5. The molecule has 0 unspecified atom stereocenters. The molecule has 0 radical (unpaired) electrons. The van der Waals surface area contributed by atoms with Gasteiger partial charge in [-0.15, -0.1) is 0 Å². The number of phenolic OH excluding ortho intramolecular Hbond substituents is 1. The van der Waals surface area contributed by atoms with Crippen LogP contribution in [0.15, 0.2) is 52.4 Å². The number of halogens is 1. The Morgan fingerprint density at radius 3 is 2.83 bits per heavy atom. The summed E-state index contributed by atoms with van der Waals surface area (Å²) in [6, 6.07) is 12.2. The third-order valence-corrected chi connectivity index (χ3v) is 4.52. The number of aliphatic imine (C=N–C) groups is 1. The highest BCUT2D eigenvalue weighted by Crippen LogP contribution is 2.29. The van der Waals surface area contributed by atoms with Crippen LogP contribution in [0, 0.1) is 6.92 Å². The van der Waals surface area contributed by atoms with Crippen LogP contribution in [0.1, 0.15) is 11.1 Å². The largest absolute Gasteiger partial charge is 0.508 e. The van der Waals surface area contributed by atoms with E-state index < -0.39 is 0 Å². The third kappa shape index (κ3) is 3.75. The average Bonchev–Trinajstić information content (AvgIpc) is 2.83. The number of hydrogen-bond acceptors (Lipinski definition) is 4. The Labute approximate surface area is 142 Å². The second-order valence-electron chi connectivity index (χ2n) is 5.01. The number of aromatic hydroxyl groups is 1. The summed E-state index contributed by atoms with van der Waals surface area (Å²) in [6.07, 6.45) is 1.71. The highest BCUT2D eigenvalue weighted by molar-refractivity contribution is 8.18. The van der Waals surface area contributed by atoms with Gasteiger partial charge in [-0.05, 0) is 60.2 Å². The molecular weight excluding hydrogens is 332 g/mol. The standard InChI is InChI=1S/C17H13ClN2O2S/c1-10-5-6-12(9-14(10)18)19-17-20-16(22)15(23-17)8-11-3-2-4-13(21)7-11/h2-9,21H,1H3,(H,19,20,22). The molecule has 0 atom stereocenters. The van der Waals surface area contributed by atoms with Crippen LogP contribution in [-0.2, 0) is 4.79 Å². The van der Waals surface area contributed by atoms with Gasteiger partial charge in [-0.25, -0.2) is 4.99 Å². The zero-order valence-corrected chi connectivity index (χ0v) is 13.8. The Morgan fingerprint density at radius 1 is 1.26 bits per heavy atom. The van der Waals surface area contributed by atoms with Gasteiger partial charge >= 0.3 is 0 Å². The molecule has 23 heavy (non-hydrogen) atoms. The third-order valence-electron chi connectivity index (χ3n) is 3.20. The summed E-state index contributed by atoms with van der Waals surface area (Å²) in [7, 11) is 0. The van der Waals surface area contributed by atoms with Gasteiger partial charge in [0.2, 0.25) is 0 Å². The first-order valence-electron chi connectivity index (χ1n) is 6.86. The Hall–Kier alpha value is -2.24. The summed E-state index contributed by atoms with van der Waals surface area (Å²) >= 11 is 7.33. The van der Waals surface area contributed by atoms with Crippen LogP contribution in [0.25, 0.3) is 6.08 Å². The van der Waals surface area contributed by atoms with Crippen LogP contribution >= 0.6 is 23.4 Å². The molecular formula is C17H13ClN2O2S. The minimum absolute atomic E-state index is 0.158. The van der Waals surface area contributed by atoms with Gasteiger partial charge in [0.05, 0.1) is 10.6 Å². The molecule has 0 spiro atoms. The van der Waals surface area contributed by atoms with Crippen LogP contribution in [0.4, 0.5) is 5.69 Å². The average molecular weight is 345 g/mol. The summed E-state index contributed by atoms with van der Waals surface area (Å²) in [5.41, 5.74) is 2.41. The Morgan fingerprint density at radius 2 is 2.09 bits per heavy atom. The van der Waals surface area contributed by atoms with Crippen molar-refractivity contribution in [2.75, 3.05) is 0 Å². The number of carbonyl (C=O) groups excluding carboxylic acids is 1. The van der Waals surface area contributed by atoms with Gasteiger partial charge in [0.25, 0.3) is 5.91 Å². The van der Waals surface area contributed by atoms with Crippen LogP contribution in [0.5, 0.6) is 5.75 Å². The lowest BCUT2D eigenvalue weighted by atomic mass is 10.2. The van der Waals surface area contributed by atoms with Crippen molar-refractivity contribution in [1.82, 2.24) is 5.32 Å². The predicted molar refractivity (Wildman–Crippen MR) is 95.1 cm³/mol. The zero-order chi connectivity index (χ0) is 16.4. The lowest BCUT2D eigenvalue weighted by Gasteiger charge is -2.00. The molecule has 3 rings (SSSR count). The van der Waals surface area contributed by atoms with Gasteiger partial charge in [0.1, 0.15) is 5.75 Å². The van der Waals surface area contributed by atoms with E-state index in [0.29, 0.717) is 20.8 Å². The minimum atomic E-state index is -0.213. The van der Waals surface area contributed by atoms with Crippen LogP contribution in [-0.4, -0.2) is 16.2 Å². The molecule has 2 N–H and O–H groups in total. The SMILES string of the molecule is Cc1ccc(N=C2NC(=O)C(=Cc3cccc(O)c3)S2)cc1Cl. The van der Waals surface area contributed by atoms with Gasteiger partial charge in [-0.3, -0.25) is 4.79 Å². The smallest absolute Gasteiger partial charge is 0.264 e. The monoisotopic (exact) mass is 344 g/mol. The van der Waals surface area contributed by atoms with Crippen LogP contribution < -0.4 is 5.32 Å². The molecule has 2 aromatic carbocycles. The van der Waals surface area contributed by atoms with E-state index in [2.05, 4.69) is 10.3 Å². The maximum atomic E-state index is 12.0. The van der Waals surface area contributed by atoms with E-state index in [0.717, 1.165) is 11.1 Å². The fourth-order valence-corrected chi connectivity index (χ4v) is 3.03. The lowest BCUT2D eigenvalue weighted by Crippen LogP contribution is -2.19. The molecule has 0 bridgehead atoms. The minimum Gasteiger partial charge on any atom is -0.508 e. The van der Waals surface area contributed by atoms with Gasteiger partial charge in [-0.1, -0.05) is 29.8 Å². The fourth-order valence-electron chi connectivity index (χ4n) is 2.02. The van der Waals surface area contributed by atoms with Crippen molar-refractivity contribution in [3.8, 4) is 5.75 Å².